The van der Waals surface area contributed by atoms with E-state index in [2.05, 4.69) is 13.8 Å². The molecule has 0 heterocycles. The number of nitrogens with zero attached hydrogens (tertiary/aromatic N) is 1. The molecular formula is C19H29NO4. The molecule has 0 saturated carbocycles. The van der Waals surface area contributed by atoms with Gasteiger partial charge in [-0.3, -0.25) is 9.59 Å². The fourth-order valence-electron chi connectivity index (χ4n) is 2.26. The summed E-state index contributed by atoms with van der Waals surface area (Å²) >= 11 is 0. The monoisotopic (exact) mass is 335 g/mol. The Morgan fingerprint density at radius 1 is 1.12 bits per heavy atom. The summed E-state index contributed by atoms with van der Waals surface area (Å²) in [6.45, 7) is 7.27. The van der Waals surface area contributed by atoms with Crippen LogP contribution in [0.5, 0.6) is 5.75 Å². The molecule has 5 heteroatoms. The summed E-state index contributed by atoms with van der Waals surface area (Å²) in [5.41, 5.74) is 1.17. The Kier molecular flexibility index (Phi) is 9.58. The number of rotatable bonds is 11. The molecule has 134 valence electrons. The number of carbonyl (C=O) groups excluding carboxylic acids is 2. The maximum atomic E-state index is 12.4. The van der Waals surface area contributed by atoms with Crippen LogP contribution in [0.2, 0.25) is 0 Å². The van der Waals surface area contributed by atoms with Crippen molar-refractivity contribution in [3.8, 4) is 5.75 Å². The third-order valence-corrected chi connectivity index (χ3v) is 3.69. The minimum atomic E-state index is -0.275. The van der Waals surface area contributed by atoms with Crippen LogP contribution >= 0.6 is 0 Å². The summed E-state index contributed by atoms with van der Waals surface area (Å²) in [5.74, 6) is 0.321. The summed E-state index contributed by atoms with van der Waals surface area (Å²) in [6, 6.07) is 7.75. The summed E-state index contributed by atoms with van der Waals surface area (Å²) in [5, 5.41) is 0. The van der Waals surface area contributed by atoms with Gasteiger partial charge in [-0.2, -0.15) is 0 Å². The minimum Gasteiger partial charge on any atom is -0.484 e. The van der Waals surface area contributed by atoms with Crippen LogP contribution in [0.4, 0.5) is 0 Å². The van der Waals surface area contributed by atoms with Gasteiger partial charge in [0.1, 0.15) is 5.75 Å². The van der Waals surface area contributed by atoms with Crippen LogP contribution in [0.1, 0.15) is 45.6 Å². The normalized spacial score (nSPS) is 10.3. The van der Waals surface area contributed by atoms with Gasteiger partial charge < -0.3 is 14.4 Å². The van der Waals surface area contributed by atoms with Gasteiger partial charge in [-0.05, 0) is 37.5 Å². The first-order chi connectivity index (χ1) is 11.6. The molecule has 0 aliphatic heterocycles. The quantitative estimate of drug-likeness (QED) is 0.583. The Morgan fingerprint density at radius 2 is 1.92 bits per heavy atom. The standard InChI is InChI=1S/C19H29NO4/c1-4-7-12-20(13-11-19(22)23-6-3)18(21)15-24-17-10-8-9-16(5-2)14-17/h8-10,14H,4-7,11-13,15H2,1-3H3. The van der Waals surface area contributed by atoms with Crippen molar-refractivity contribution in [1.29, 1.82) is 0 Å². The lowest BCUT2D eigenvalue weighted by Gasteiger charge is -2.22. The Labute approximate surface area is 144 Å². The maximum absolute atomic E-state index is 12.4. The smallest absolute Gasteiger partial charge is 0.307 e. The SMILES string of the molecule is CCCCN(CCC(=O)OCC)C(=O)COc1cccc(CC)c1. The molecule has 0 aliphatic rings. The Bertz CT molecular complexity index is 516. The maximum Gasteiger partial charge on any atom is 0.307 e. The number of unbranched alkanes of at least 4 members (excludes halogenated alkanes) is 1. The van der Waals surface area contributed by atoms with Crippen molar-refractivity contribution in [3.05, 3.63) is 29.8 Å². The zero-order valence-corrected chi connectivity index (χ0v) is 15.0. The average Bonchev–Trinajstić information content (AvgIpc) is 2.60. The molecule has 1 rings (SSSR count). The zero-order chi connectivity index (χ0) is 17.8. The highest BCUT2D eigenvalue weighted by Crippen LogP contribution is 2.14. The first kappa shape index (κ1) is 20.0. The molecule has 1 amide bonds. The number of esters is 1. The van der Waals surface area contributed by atoms with E-state index in [9.17, 15) is 9.59 Å². The molecule has 0 spiro atoms. The van der Waals surface area contributed by atoms with Crippen molar-refractivity contribution < 1.29 is 19.1 Å². The fourth-order valence-corrected chi connectivity index (χ4v) is 2.26. The van der Waals surface area contributed by atoms with Crippen molar-refractivity contribution >= 4 is 11.9 Å². The second-order valence-corrected chi connectivity index (χ2v) is 5.58. The van der Waals surface area contributed by atoms with Gasteiger partial charge in [0.25, 0.3) is 5.91 Å². The molecule has 1 aromatic carbocycles. The van der Waals surface area contributed by atoms with E-state index in [1.165, 1.54) is 5.56 Å². The van der Waals surface area contributed by atoms with Gasteiger partial charge in [-0.15, -0.1) is 0 Å². The Morgan fingerprint density at radius 3 is 2.58 bits per heavy atom. The van der Waals surface area contributed by atoms with Crippen molar-refractivity contribution in [2.24, 2.45) is 0 Å². The number of benzene rings is 1. The van der Waals surface area contributed by atoms with E-state index in [-0.39, 0.29) is 24.9 Å². The highest BCUT2D eigenvalue weighted by atomic mass is 16.5. The molecule has 0 bridgehead atoms. The van der Waals surface area contributed by atoms with Crippen LogP contribution in [0.25, 0.3) is 0 Å². The van der Waals surface area contributed by atoms with Crippen molar-refractivity contribution in [1.82, 2.24) is 4.90 Å². The van der Waals surface area contributed by atoms with Gasteiger partial charge in [-0.1, -0.05) is 32.4 Å². The first-order valence-electron chi connectivity index (χ1n) is 8.75. The van der Waals surface area contributed by atoms with E-state index >= 15 is 0 Å². The van der Waals surface area contributed by atoms with Crippen molar-refractivity contribution in [2.75, 3.05) is 26.3 Å². The molecule has 1 aromatic rings. The summed E-state index contributed by atoms with van der Waals surface area (Å²) in [6.07, 6.45) is 3.03. The lowest BCUT2D eigenvalue weighted by molar-refractivity contribution is -0.144. The zero-order valence-electron chi connectivity index (χ0n) is 15.0. The highest BCUT2D eigenvalue weighted by molar-refractivity contribution is 5.78. The average molecular weight is 335 g/mol. The molecular weight excluding hydrogens is 306 g/mol. The molecule has 0 radical (unpaired) electrons. The number of hydrogen-bond donors (Lipinski definition) is 0. The molecule has 5 nitrogen and oxygen atoms in total. The van der Waals surface area contributed by atoms with Gasteiger partial charge in [-0.25, -0.2) is 0 Å². The fraction of sp³-hybridized carbons (Fsp3) is 0.579. The second kappa shape index (κ2) is 11.5. The molecule has 0 unspecified atom stereocenters. The van der Waals surface area contributed by atoms with Gasteiger partial charge >= 0.3 is 5.97 Å². The number of ether oxygens (including phenoxy) is 2. The van der Waals surface area contributed by atoms with E-state index in [1.807, 2.05) is 24.3 Å². The Balaban J connectivity index is 2.54. The van der Waals surface area contributed by atoms with Gasteiger partial charge in [0, 0.05) is 13.1 Å². The van der Waals surface area contributed by atoms with Crippen molar-refractivity contribution in [3.63, 3.8) is 0 Å². The molecule has 0 aliphatic carbocycles. The lowest BCUT2D eigenvalue weighted by atomic mass is 10.2. The van der Waals surface area contributed by atoms with Crippen LogP contribution in [0.15, 0.2) is 24.3 Å². The van der Waals surface area contributed by atoms with Gasteiger partial charge in [0.05, 0.1) is 13.0 Å². The summed E-state index contributed by atoms with van der Waals surface area (Å²) in [4.78, 5) is 25.6. The van der Waals surface area contributed by atoms with E-state index in [1.54, 1.807) is 11.8 Å². The first-order valence-corrected chi connectivity index (χ1v) is 8.75. The van der Waals surface area contributed by atoms with Crippen LogP contribution in [0, 0.1) is 0 Å². The molecule has 24 heavy (non-hydrogen) atoms. The number of carbonyl (C=O) groups is 2. The largest absolute Gasteiger partial charge is 0.484 e. The topological polar surface area (TPSA) is 55.8 Å². The predicted molar refractivity (Wildman–Crippen MR) is 94.1 cm³/mol. The van der Waals surface area contributed by atoms with Gasteiger partial charge in [0.2, 0.25) is 0 Å². The molecule has 0 fully saturated rings. The number of aryl methyl sites for hydroxylation is 1. The molecule has 0 atom stereocenters. The van der Waals surface area contributed by atoms with Gasteiger partial charge in [0.15, 0.2) is 6.61 Å². The van der Waals surface area contributed by atoms with Crippen LogP contribution in [-0.4, -0.2) is 43.1 Å². The number of hydrogen-bond acceptors (Lipinski definition) is 4. The van der Waals surface area contributed by atoms with Crippen LogP contribution < -0.4 is 4.74 Å². The second-order valence-electron chi connectivity index (χ2n) is 5.58. The summed E-state index contributed by atoms with van der Waals surface area (Å²) in [7, 11) is 0. The lowest BCUT2D eigenvalue weighted by Crippen LogP contribution is -2.37. The Hall–Kier alpha value is -2.04. The van der Waals surface area contributed by atoms with Crippen LogP contribution in [-0.2, 0) is 20.7 Å². The summed E-state index contributed by atoms with van der Waals surface area (Å²) < 4.78 is 10.5. The highest BCUT2D eigenvalue weighted by Gasteiger charge is 2.15. The van der Waals surface area contributed by atoms with Crippen molar-refractivity contribution in [2.45, 2.75) is 46.5 Å². The molecule has 0 N–H and O–H groups in total. The van der Waals surface area contributed by atoms with Crippen LogP contribution in [0.3, 0.4) is 0 Å². The molecule has 0 aromatic heterocycles. The van der Waals surface area contributed by atoms with E-state index < -0.39 is 0 Å². The van der Waals surface area contributed by atoms with E-state index in [4.69, 9.17) is 9.47 Å². The third kappa shape index (κ3) is 7.49. The van der Waals surface area contributed by atoms with E-state index in [0.717, 1.165) is 19.3 Å². The minimum absolute atomic E-state index is 0.0142. The van der Waals surface area contributed by atoms with E-state index in [0.29, 0.717) is 25.4 Å². The third-order valence-electron chi connectivity index (χ3n) is 3.69. The molecule has 0 saturated heterocycles. The predicted octanol–water partition coefficient (Wildman–Crippen LogP) is 3.21. The number of amides is 1.